The average molecular weight is 1100 g/mol. The maximum absolute atomic E-state index is 17.0. The van der Waals surface area contributed by atoms with Crippen molar-refractivity contribution in [1.82, 2.24) is 45.0 Å². The maximum Gasteiger partial charge on any atom is 0.406 e. The molecule has 4 aliphatic rings. The molecule has 4 atom stereocenters. The lowest BCUT2D eigenvalue weighted by Crippen LogP contribution is -2.62. The van der Waals surface area contributed by atoms with Crippen LogP contribution in [-0.2, 0) is 48.0 Å². The number of piperazine rings is 1. The number of pyridine rings is 1. The number of halogens is 7. The van der Waals surface area contributed by atoms with Crippen LogP contribution in [0.1, 0.15) is 69.8 Å². The SMILES string of the molecule is CO[C@@H](C)c1ncc(N2CCN(CC(F)(F)F)CC2)cc1-c1c2c3cc(c(F)cc3n1CC(F)(F)F)-c1csc(n1)C[C@H](NC(=O)[C@H](C(C)C)N(C)C(=O)N1CCOCC1)C(=O)N1CCC[C@H](N1)C(=O)OCC(C)(C)C2. The number of morpholine rings is 1. The molecule has 8 rings (SSSR count). The third-order valence-corrected chi connectivity index (χ3v) is 15.2. The fourth-order valence-electron chi connectivity index (χ4n) is 10.5. The summed E-state index contributed by atoms with van der Waals surface area (Å²) < 4.78 is 120. The van der Waals surface area contributed by atoms with Crippen LogP contribution in [0.15, 0.2) is 29.8 Å². The zero-order chi connectivity index (χ0) is 55.0. The average Bonchev–Trinajstić information content (AvgIpc) is 3.94. The Morgan fingerprint density at radius 1 is 0.974 bits per heavy atom. The van der Waals surface area contributed by atoms with Crippen molar-refractivity contribution in [3.8, 4) is 22.5 Å². The third kappa shape index (κ3) is 12.9. The van der Waals surface area contributed by atoms with Gasteiger partial charge in [0.25, 0.3) is 5.91 Å². The summed E-state index contributed by atoms with van der Waals surface area (Å²) in [6.07, 6.45) is -8.10. The molecule has 4 aromatic rings. The zero-order valence-electron chi connectivity index (χ0n) is 43.6. The lowest BCUT2D eigenvalue weighted by Gasteiger charge is -2.38. The van der Waals surface area contributed by atoms with E-state index in [0.717, 1.165) is 22.0 Å². The second kappa shape index (κ2) is 22.8. The molecule has 0 saturated carbocycles. The van der Waals surface area contributed by atoms with E-state index in [1.54, 1.807) is 51.0 Å². The molecule has 3 aromatic heterocycles. The summed E-state index contributed by atoms with van der Waals surface area (Å²) >= 11 is 1.07. The number of alkyl halides is 6. The van der Waals surface area contributed by atoms with Gasteiger partial charge in [-0.2, -0.15) is 26.3 Å². The normalized spacial score (nSPS) is 21.1. The number of carbonyl (C=O) groups excluding carboxylic acids is 4. The number of esters is 1. The molecule has 6 bridgehead atoms. The number of aromatic nitrogens is 3. The lowest BCUT2D eigenvalue weighted by molar-refractivity contribution is -0.155. The van der Waals surface area contributed by atoms with Crippen LogP contribution in [0.25, 0.3) is 33.4 Å². The maximum atomic E-state index is 17.0. The number of hydrazine groups is 1. The minimum Gasteiger partial charge on any atom is -0.464 e. The molecule has 0 aliphatic carbocycles. The van der Waals surface area contributed by atoms with Crippen LogP contribution in [0, 0.1) is 17.2 Å². The van der Waals surface area contributed by atoms with Gasteiger partial charge in [0, 0.05) is 93.7 Å². The van der Waals surface area contributed by atoms with Gasteiger partial charge in [0.1, 0.15) is 30.5 Å². The van der Waals surface area contributed by atoms with Gasteiger partial charge in [0.2, 0.25) is 5.91 Å². The number of amides is 4. The molecular formula is C51H65F7N10O7S. The Bertz CT molecular complexity index is 2770. The first-order chi connectivity index (χ1) is 35.8. The minimum absolute atomic E-state index is 0.0276. The fourth-order valence-corrected chi connectivity index (χ4v) is 11.4. The highest BCUT2D eigenvalue weighted by Gasteiger charge is 2.41. The molecule has 3 saturated heterocycles. The largest absolute Gasteiger partial charge is 0.464 e. The quantitative estimate of drug-likeness (QED) is 0.124. The van der Waals surface area contributed by atoms with E-state index in [-0.39, 0.29) is 103 Å². The monoisotopic (exact) mass is 1090 g/mol. The van der Waals surface area contributed by atoms with Crippen LogP contribution in [0.4, 0.5) is 41.2 Å². The van der Waals surface area contributed by atoms with Crippen molar-refractivity contribution in [2.45, 2.75) is 103 Å². The van der Waals surface area contributed by atoms with Crippen LogP contribution in [0.5, 0.6) is 0 Å². The molecule has 25 heteroatoms. The molecule has 4 aliphatic heterocycles. The van der Waals surface area contributed by atoms with Crippen LogP contribution in [-0.4, -0.2) is 175 Å². The number of carbonyl (C=O) groups is 4. The minimum atomic E-state index is -4.84. The molecule has 0 spiro atoms. The van der Waals surface area contributed by atoms with Crippen LogP contribution < -0.4 is 15.6 Å². The number of nitrogens with zero attached hydrogens (tertiary/aromatic N) is 8. The van der Waals surface area contributed by atoms with E-state index in [0.29, 0.717) is 44.0 Å². The van der Waals surface area contributed by atoms with Gasteiger partial charge in [-0.15, -0.1) is 11.3 Å². The number of thiazole rings is 1. The van der Waals surface area contributed by atoms with E-state index in [9.17, 15) is 32.3 Å². The summed E-state index contributed by atoms with van der Waals surface area (Å²) in [5.41, 5.74) is 3.19. The molecule has 1 aromatic carbocycles. The highest BCUT2D eigenvalue weighted by atomic mass is 32.1. The number of fused-ring (bicyclic) bond motifs is 6. The van der Waals surface area contributed by atoms with Gasteiger partial charge in [0.05, 0.1) is 72.0 Å². The Labute approximate surface area is 439 Å². The number of hydrogen-bond acceptors (Lipinski definition) is 13. The van der Waals surface area contributed by atoms with Crippen molar-refractivity contribution in [3.63, 3.8) is 0 Å². The number of nitrogens with one attached hydrogen (secondary N) is 2. The first-order valence-corrected chi connectivity index (χ1v) is 26.3. The van der Waals surface area contributed by atoms with Crippen LogP contribution >= 0.6 is 11.3 Å². The summed E-state index contributed by atoms with van der Waals surface area (Å²) in [7, 11) is 2.93. The number of ether oxygens (including phenoxy) is 3. The lowest BCUT2D eigenvalue weighted by atomic mass is 9.84. The first kappa shape index (κ1) is 56.6. The Hall–Kier alpha value is -5.63. The van der Waals surface area contributed by atoms with Gasteiger partial charge in [-0.25, -0.2) is 19.6 Å². The summed E-state index contributed by atoms with van der Waals surface area (Å²) in [5.74, 6) is -3.24. The predicted molar refractivity (Wildman–Crippen MR) is 269 cm³/mol. The fraction of sp³-hybridized carbons (Fsp3) is 0.608. The molecule has 2 N–H and O–H groups in total. The Balaban J connectivity index is 1.25. The molecule has 0 unspecified atom stereocenters. The van der Waals surface area contributed by atoms with E-state index in [4.69, 9.17) is 24.2 Å². The molecule has 3 fully saturated rings. The van der Waals surface area contributed by atoms with Crippen molar-refractivity contribution in [2.24, 2.45) is 11.3 Å². The second-order valence-electron chi connectivity index (χ2n) is 21.1. The van der Waals surface area contributed by atoms with E-state index < -0.39 is 90.6 Å². The smallest absolute Gasteiger partial charge is 0.406 e. The number of likely N-dealkylation sites (N-methyl/N-ethyl adjacent to an activating group) is 1. The Morgan fingerprint density at radius 3 is 2.33 bits per heavy atom. The van der Waals surface area contributed by atoms with Crippen molar-refractivity contribution in [1.29, 1.82) is 0 Å². The number of urea groups is 1. The van der Waals surface area contributed by atoms with Crippen LogP contribution in [0.2, 0.25) is 0 Å². The topological polar surface area (TPSA) is 167 Å². The molecule has 4 amide bonds. The Morgan fingerprint density at radius 2 is 1.67 bits per heavy atom. The highest BCUT2D eigenvalue weighted by molar-refractivity contribution is 7.10. The van der Waals surface area contributed by atoms with E-state index in [1.165, 1.54) is 41.2 Å². The highest BCUT2D eigenvalue weighted by Crippen LogP contribution is 2.45. The van der Waals surface area contributed by atoms with Crippen molar-refractivity contribution in [3.05, 3.63) is 51.9 Å². The first-order valence-electron chi connectivity index (χ1n) is 25.4. The standard InChI is InChI=1S/C51H65F7N10O7S/c1-29(2)43(63(6)48(72)66-15-17-74-18-16-66)45(69)61-38-22-41-60-39(25-76-41)33-20-32-35(23-49(4,5)28-75-47(71)37-9-8-10-68(62-37)46(38)70)44(67(27-51(56,57)58)40(32)21-36(33)52)34-19-31(24-59-42(34)30(3)73-7)65-13-11-64(12-14-65)26-50(53,54)55/h19-21,24-25,29-30,37-38,43,62H,8-18,22-23,26-28H2,1-7H3,(H,61,69)/t30-,37-,38-,43-/m0/s1. The van der Waals surface area contributed by atoms with E-state index in [2.05, 4.69) is 10.7 Å². The molecule has 7 heterocycles. The van der Waals surface area contributed by atoms with Gasteiger partial charge in [-0.1, -0.05) is 27.7 Å². The van der Waals surface area contributed by atoms with Gasteiger partial charge in [-0.05, 0) is 55.9 Å². The van der Waals surface area contributed by atoms with Gasteiger partial charge in [-0.3, -0.25) is 29.3 Å². The summed E-state index contributed by atoms with van der Waals surface area (Å²) in [6, 6.07) is 0.383. The van der Waals surface area contributed by atoms with Gasteiger partial charge in [0.15, 0.2) is 0 Å². The number of rotatable bonds is 10. The van der Waals surface area contributed by atoms with E-state index >= 15 is 17.6 Å². The third-order valence-electron chi connectivity index (χ3n) is 14.4. The summed E-state index contributed by atoms with van der Waals surface area (Å²) in [6.45, 7) is 7.82. The summed E-state index contributed by atoms with van der Waals surface area (Å²) in [5, 5.41) is 6.21. The van der Waals surface area contributed by atoms with Crippen molar-refractivity contribution < 1.29 is 64.1 Å². The summed E-state index contributed by atoms with van der Waals surface area (Å²) in [4.78, 5) is 72.2. The van der Waals surface area contributed by atoms with E-state index in [1.807, 2.05) is 4.90 Å². The Kier molecular flexibility index (Phi) is 16.9. The number of cyclic esters (lactones) is 1. The van der Waals surface area contributed by atoms with Gasteiger partial charge < -0.3 is 38.8 Å². The van der Waals surface area contributed by atoms with Crippen LogP contribution in [0.3, 0.4) is 0 Å². The zero-order valence-corrected chi connectivity index (χ0v) is 44.4. The number of hydrogen-bond donors (Lipinski definition) is 2. The number of benzene rings is 1. The number of anilines is 1. The van der Waals surface area contributed by atoms with Gasteiger partial charge >= 0.3 is 24.4 Å². The molecule has 0 radical (unpaired) electrons. The molecular weight excluding hydrogens is 1030 g/mol. The van der Waals surface area contributed by atoms with Crippen molar-refractivity contribution in [2.75, 3.05) is 91.2 Å². The van der Waals surface area contributed by atoms with Crippen molar-refractivity contribution >= 4 is 51.7 Å². The predicted octanol–water partition coefficient (Wildman–Crippen LogP) is 6.98. The molecule has 76 heavy (non-hydrogen) atoms. The molecule has 17 nitrogen and oxygen atoms in total. The number of methoxy groups -OCH3 is 1. The second-order valence-corrected chi connectivity index (χ2v) is 22.0. The molecule has 416 valence electrons.